The lowest BCUT2D eigenvalue weighted by Crippen LogP contribution is -2.32. The monoisotopic (exact) mass is 451 g/mol. The van der Waals surface area contributed by atoms with Crippen molar-refractivity contribution in [2.24, 2.45) is 0 Å². The Morgan fingerprint density at radius 3 is 2.40 bits per heavy atom. The van der Waals surface area contributed by atoms with Gasteiger partial charge in [0.05, 0.1) is 6.61 Å². The summed E-state index contributed by atoms with van der Waals surface area (Å²) in [7, 11) is -3.67. The van der Waals surface area contributed by atoms with Crippen molar-refractivity contribution in [3.63, 3.8) is 0 Å². The molecule has 0 aromatic heterocycles. The molecule has 1 unspecified atom stereocenters. The zero-order chi connectivity index (χ0) is 21.7. The van der Waals surface area contributed by atoms with Crippen molar-refractivity contribution in [1.29, 1.82) is 0 Å². The van der Waals surface area contributed by atoms with Crippen LogP contribution >= 0.6 is 11.6 Å². The molecule has 2 aromatic carbocycles. The highest BCUT2D eigenvalue weighted by Crippen LogP contribution is 2.32. The fourth-order valence-electron chi connectivity index (χ4n) is 3.24. The number of ether oxygens (including phenoxy) is 1. The van der Waals surface area contributed by atoms with Crippen molar-refractivity contribution < 1.29 is 17.9 Å². The third kappa shape index (κ3) is 5.24. The average molecular weight is 452 g/mol. The van der Waals surface area contributed by atoms with Gasteiger partial charge in [-0.1, -0.05) is 11.6 Å². The highest BCUT2D eigenvalue weighted by Gasteiger charge is 2.30. The number of hydrogen-bond donors (Lipinski definition) is 2. The van der Waals surface area contributed by atoms with E-state index in [1.165, 1.54) is 10.4 Å². The second kappa shape index (κ2) is 9.68. The van der Waals surface area contributed by atoms with Gasteiger partial charge < -0.3 is 15.4 Å². The molecule has 1 amide bonds. The quantitative estimate of drug-likeness (QED) is 0.634. The highest BCUT2D eigenvalue weighted by molar-refractivity contribution is 7.89. The molecule has 0 bridgehead atoms. The van der Waals surface area contributed by atoms with E-state index in [2.05, 4.69) is 10.6 Å². The minimum atomic E-state index is -3.67. The molecule has 1 heterocycles. The Balaban J connectivity index is 1.78. The molecule has 1 atom stereocenters. The summed E-state index contributed by atoms with van der Waals surface area (Å²) in [5, 5.41) is 6.45. The van der Waals surface area contributed by atoms with Gasteiger partial charge in [-0.05, 0) is 69.2 Å². The van der Waals surface area contributed by atoms with Crippen molar-refractivity contribution in [2.45, 2.75) is 37.6 Å². The van der Waals surface area contributed by atoms with E-state index in [9.17, 15) is 13.2 Å². The predicted octanol–water partition coefficient (Wildman–Crippen LogP) is 3.96. The van der Waals surface area contributed by atoms with Crippen LogP contribution in [0.1, 0.15) is 26.7 Å². The third-order valence-electron chi connectivity index (χ3n) is 4.81. The minimum absolute atomic E-state index is 0.113. The maximum absolute atomic E-state index is 13.1. The lowest BCUT2D eigenvalue weighted by molar-refractivity contribution is -0.116. The van der Waals surface area contributed by atoms with Gasteiger partial charge in [-0.2, -0.15) is 4.31 Å². The lowest BCUT2D eigenvalue weighted by atomic mass is 10.2. The summed E-state index contributed by atoms with van der Waals surface area (Å²) in [6.07, 6.45) is 1.70. The molecule has 30 heavy (non-hydrogen) atoms. The van der Waals surface area contributed by atoms with Gasteiger partial charge in [-0.25, -0.2) is 8.42 Å². The summed E-state index contributed by atoms with van der Waals surface area (Å²) in [4.78, 5) is 12.6. The molecule has 7 nitrogen and oxygen atoms in total. The predicted molar refractivity (Wildman–Crippen MR) is 119 cm³/mol. The van der Waals surface area contributed by atoms with E-state index in [-0.39, 0.29) is 10.8 Å². The highest BCUT2D eigenvalue weighted by atomic mass is 35.5. The van der Waals surface area contributed by atoms with Gasteiger partial charge in [-0.15, -0.1) is 0 Å². The molecule has 2 aromatic rings. The van der Waals surface area contributed by atoms with Crippen LogP contribution in [0.25, 0.3) is 0 Å². The van der Waals surface area contributed by atoms with Crippen molar-refractivity contribution in [3.05, 3.63) is 47.5 Å². The normalized spacial score (nSPS) is 15.6. The van der Waals surface area contributed by atoms with E-state index in [1.807, 2.05) is 6.92 Å². The maximum atomic E-state index is 13.1. The van der Waals surface area contributed by atoms with Crippen molar-refractivity contribution in [2.75, 3.05) is 30.3 Å². The van der Waals surface area contributed by atoms with E-state index in [4.69, 9.17) is 16.3 Å². The second-order valence-electron chi connectivity index (χ2n) is 7.07. The molecule has 0 saturated carbocycles. The van der Waals surface area contributed by atoms with Crippen molar-refractivity contribution in [1.82, 2.24) is 4.31 Å². The zero-order valence-electron chi connectivity index (χ0n) is 17.0. The second-order valence-corrected chi connectivity index (χ2v) is 9.41. The number of benzene rings is 2. The van der Waals surface area contributed by atoms with E-state index in [0.29, 0.717) is 41.8 Å². The number of sulfonamides is 1. The standard InChI is InChI=1S/C21H26ClN3O4S/c1-3-29-19-11-10-18(14-20(19)30(27,28)25-12-4-5-13-25)23-15(2)21(26)24-17-8-6-16(22)7-9-17/h6-11,14-15,23H,3-5,12-13H2,1-2H3,(H,24,26). The van der Waals surface area contributed by atoms with Crippen molar-refractivity contribution >= 4 is 38.9 Å². The lowest BCUT2D eigenvalue weighted by Gasteiger charge is -2.20. The van der Waals surface area contributed by atoms with E-state index in [1.54, 1.807) is 43.3 Å². The van der Waals surface area contributed by atoms with Crippen molar-refractivity contribution in [3.8, 4) is 5.75 Å². The summed E-state index contributed by atoms with van der Waals surface area (Å²) in [5.41, 5.74) is 1.15. The third-order valence-corrected chi connectivity index (χ3v) is 6.99. The molecule has 1 aliphatic heterocycles. The Labute approximate surface area is 182 Å². The molecular formula is C21H26ClN3O4S. The van der Waals surface area contributed by atoms with Gasteiger partial charge in [0.1, 0.15) is 16.7 Å². The van der Waals surface area contributed by atoms with Gasteiger partial charge in [0.25, 0.3) is 0 Å². The van der Waals surface area contributed by atoms with Gasteiger partial charge >= 0.3 is 0 Å². The summed E-state index contributed by atoms with van der Waals surface area (Å²) in [6, 6.07) is 11.1. The Morgan fingerprint density at radius 1 is 1.13 bits per heavy atom. The van der Waals surface area contributed by atoms with E-state index < -0.39 is 16.1 Å². The van der Waals surface area contributed by atoms with Gasteiger partial charge in [-0.3, -0.25) is 4.79 Å². The number of halogens is 1. The molecule has 162 valence electrons. The Morgan fingerprint density at radius 2 is 1.77 bits per heavy atom. The molecule has 0 spiro atoms. The van der Waals surface area contributed by atoms with Gasteiger partial charge in [0.2, 0.25) is 15.9 Å². The van der Waals surface area contributed by atoms with Crippen LogP contribution in [0.3, 0.4) is 0 Å². The van der Waals surface area contributed by atoms with Gasteiger partial charge in [0.15, 0.2) is 0 Å². The summed E-state index contributed by atoms with van der Waals surface area (Å²) >= 11 is 5.86. The first-order chi connectivity index (χ1) is 14.3. The van der Waals surface area contributed by atoms with Crippen LogP contribution < -0.4 is 15.4 Å². The van der Waals surface area contributed by atoms with Gasteiger partial charge in [0, 0.05) is 29.5 Å². The minimum Gasteiger partial charge on any atom is -0.492 e. The zero-order valence-corrected chi connectivity index (χ0v) is 18.6. The number of amides is 1. The van der Waals surface area contributed by atoms with Crippen LogP contribution in [0.4, 0.5) is 11.4 Å². The number of carbonyl (C=O) groups excluding carboxylic acids is 1. The first-order valence-corrected chi connectivity index (χ1v) is 11.7. The van der Waals surface area contributed by atoms with Crippen LogP contribution in [0, 0.1) is 0 Å². The Hall–Kier alpha value is -2.29. The molecule has 1 aliphatic rings. The topological polar surface area (TPSA) is 87.7 Å². The molecule has 3 rings (SSSR count). The fourth-order valence-corrected chi connectivity index (χ4v) is 5.04. The first-order valence-electron chi connectivity index (χ1n) is 9.91. The van der Waals surface area contributed by atoms with Crippen LogP contribution in [0.2, 0.25) is 5.02 Å². The molecule has 0 radical (unpaired) electrons. The summed E-state index contributed by atoms with van der Waals surface area (Å²) in [6.45, 7) is 4.88. The Kier molecular flexibility index (Phi) is 7.23. The number of rotatable bonds is 8. The van der Waals surface area contributed by atoms with E-state index >= 15 is 0 Å². The molecule has 2 N–H and O–H groups in total. The molecule has 9 heteroatoms. The maximum Gasteiger partial charge on any atom is 0.246 e. The fraction of sp³-hybridized carbons (Fsp3) is 0.381. The molecular weight excluding hydrogens is 426 g/mol. The molecule has 0 aliphatic carbocycles. The largest absolute Gasteiger partial charge is 0.492 e. The number of hydrogen-bond acceptors (Lipinski definition) is 5. The van der Waals surface area contributed by atoms with Crippen LogP contribution in [0.15, 0.2) is 47.4 Å². The molecule has 1 fully saturated rings. The summed E-state index contributed by atoms with van der Waals surface area (Å²) < 4.78 is 33.2. The summed E-state index contributed by atoms with van der Waals surface area (Å²) in [5.74, 6) is 0.0587. The Bertz CT molecular complexity index is 990. The average Bonchev–Trinajstić information content (AvgIpc) is 3.26. The first kappa shape index (κ1) is 22.4. The van der Waals surface area contributed by atoms with Crippen LogP contribution in [0.5, 0.6) is 5.75 Å². The number of nitrogens with one attached hydrogen (secondary N) is 2. The smallest absolute Gasteiger partial charge is 0.246 e. The van der Waals surface area contributed by atoms with Crippen LogP contribution in [-0.2, 0) is 14.8 Å². The van der Waals surface area contributed by atoms with E-state index in [0.717, 1.165) is 12.8 Å². The van der Waals surface area contributed by atoms with Crippen LogP contribution in [-0.4, -0.2) is 44.4 Å². The SMILES string of the molecule is CCOc1ccc(NC(C)C(=O)Nc2ccc(Cl)cc2)cc1S(=O)(=O)N1CCCC1. The molecule has 1 saturated heterocycles. The number of anilines is 2. The number of nitrogens with zero attached hydrogens (tertiary/aromatic N) is 1. The number of carbonyl (C=O) groups is 1.